The molecule has 3 amide bonds. The number of unbranched alkanes of at least 4 members (excludes halogenated alkanes) is 2. The van der Waals surface area contributed by atoms with E-state index in [4.69, 9.17) is 0 Å². The van der Waals surface area contributed by atoms with E-state index in [-0.39, 0.29) is 30.4 Å². The molecule has 3 saturated heterocycles. The molecule has 1 N–H and O–H groups in total. The maximum atomic E-state index is 13.2. The first-order chi connectivity index (χ1) is 13.1. The Morgan fingerprint density at radius 1 is 1.11 bits per heavy atom. The molecule has 1 aromatic rings. The normalized spacial score (nSPS) is 28.5. The molecule has 3 unspecified atom stereocenters. The van der Waals surface area contributed by atoms with Crippen LogP contribution in [-0.4, -0.2) is 71.8 Å². The van der Waals surface area contributed by atoms with Crippen molar-refractivity contribution in [3.05, 3.63) is 30.3 Å². The number of nitrogens with one attached hydrogen (secondary N) is 1. The first-order valence-electron chi connectivity index (χ1n) is 10.0. The van der Waals surface area contributed by atoms with Gasteiger partial charge in [-0.2, -0.15) is 0 Å². The highest BCUT2D eigenvalue weighted by molar-refractivity contribution is 6.00. The third-order valence-electron chi connectivity index (χ3n) is 5.94. The van der Waals surface area contributed by atoms with E-state index < -0.39 is 0 Å². The zero-order chi connectivity index (χ0) is 19.0. The van der Waals surface area contributed by atoms with Crippen LogP contribution in [0.2, 0.25) is 0 Å². The first-order valence-corrected chi connectivity index (χ1v) is 10.0. The van der Waals surface area contributed by atoms with Crippen molar-refractivity contribution in [2.45, 2.75) is 51.1 Å². The summed E-state index contributed by atoms with van der Waals surface area (Å²) < 4.78 is 0. The topological polar surface area (TPSA) is 59.1 Å². The lowest BCUT2D eigenvalue weighted by molar-refractivity contribution is -0.138. The first kappa shape index (κ1) is 18.3. The molecule has 7 heteroatoms. The predicted molar refractivity (Wildman–Crippen MR) is 104 cm³/mol. The fourth-order valence-corrected chi connectivity index (χ4v) is 4.53. The number of para-hydroxylation sites is 1. The number of amides is 3. The Labute approximate surface area is 160 Å². The Hall–Kier alpha value is -2.12. The lowest BCUT2D eigenvalue weighted by Crippen LogP contribution is -2.66. The molecule has 0 aromatic heterocycles. The number of carbonyl (C=O) groups excluding carboxylic acids is 2. The average Bonchev–Trinajstić information content (AvgIpc) is 3.09. The maximum Gasteiger partial charge on any atom is 0.327 e. The van der Waals surface area contributed by atoms with Crippen LogP contribution in [0.1, 0.15) is 32.6 Å². The third kappa shape index (κ3) is 3.08. The van der Waals surface area contributed by atoms with Crippen LogP contribution in [0.4, 0.5) is 10.5 Å². The Morgan fingerprint density at radius 3 is 2.63 bits per heavy atom. The number of benzene rings is 1. The highest BCUT2D eigenvalue weighted by Crippen LogP contribution is 2.32. The largest absolute Gasteiger partial charge is 0.343 e. The SMILES string of the molecule is CCCCCN1C(=O)C2C(NC3N(c4ccccc4)CCCN23)N(C)C1=O. The fourth-order valence-electron chi connectivity index (χ4n) is 4.53. The van der Waals surface area contributed by atoms with Crippen molar-refractivity contribution in [2.75, 3.05) is 31.6 Å². The van der Waals surface area contributed by atoms with E-state index in [1.807, 2.05) is 18.2 Å². The van der Waals surface area contributed by atoms with Crippen LogP contribution in [0.3, 0.4) is 0 Å². The number of anilines is 1. The van der Waals surface area contributed by atoms with Crippen LogP contribution in [0.5, 0.6) is 0 Å². The predicted octanol–water partition coefficient (Wildman–Crippen LogP) is 1.86. The molecule has 3 atom stereocenters. The van der Waals surface area contributed by atoms with Crippen molar-refractivity contribution in [2.24, 2.45) is 0 Å². The van der Waals surface area contributed by atoms with Gasteiger partial charge in [0.15, 0.2) is 0 Å². The van der Waals surface area contributed by atoms with E-state index in [1.165, 1.54) is 4.90 Å². The van der Waals surface area contributed by atoms with Crippen molar-refractivity contribution in [1.82, 2.24) is 20.0 Å². The second-order valence-corrected chi connectivity index (χ2v) is 7.64. The molecule has 27 heavy (non-hydrogen) atoms. The lowest BCUT2D eigenvalue weighted by Gasteiger charge is -2.43. The van der Waals surface area contributed by atoms with Gasteiger partial charge in [0.05, 0.1) is 0 Å². The summed E-state index contributed by atoms with van der Waals surface area (Å²) in [7, 11) is 1.80. The van der Waals surface area contributed by atoms with E-state index >= 15 is 0 Å². The smallest absolute Gasteiger partial charge is 0.327 e. The zero-order valence-corrected chi connectivity index (χ0v) is 16.2. The van der Waals surface area contributed by atoms with Crippen molar-refractivity contribution in [3.8, 4) is 0 Å². The van der Waals surface area contributed by atoms with Gasteiger partial charge in [0.1, 0.15) is 18.5 Å². The Bertz CT molecular complexity index is 697. The summed E-state index contributed by atoms with van der Waals surface area (Å²) >= 11 is 0. The Morgan fingerprint density at radius 2 is 1.89 bits per heavy atom. The summed E-state index contributed by atoms with van der Waals surface area (Å²) in [5.74, 6) is -0.0517. The minimum atomic E-state index is -0.314. The standard InChI is InChI=1S/C20H29N5O2/c1-3-4-8-12-25-18(26)16-17(22(2)20(25)27)21-19-23(13-9-14-24(16)19)15-10-6-5-7-11-15/h5-7,10-11,16-17,19,21H,3-4,8-9,12-14H2,1-2H3. The molecule has 3 heterocycles. The Kier molecular flexibility index (Phi) is 5.06. The Balaban J connectivity index is 1.58. The molecule has 7 nitrogen and oxygen atoms in total. The van der Waals surface area contributed by atoms with E-state index in [0.717, 1.165) is 44.5 Å². The molecule has 0 bridgehead atoms. The molecule has 0 spiro atoms. The van der Waals surface area contributed by atoms with E-state index in [9.17, 15) is 9.59 Å². The molecule has 0 radical (unpaired) electrons. The van der Waals surface area contributed by atoms with Crippen LogP contribution < -0.4 is 10.2 Å². The second-order valence-electron chi connectivity index (χ2n) is 7.64. The summed E-state index contributed by atoms with van der Waals surface area (Å²) in [5, 5.41) is 3.55. The van der Waals surface area contributed by atoms with Gasteiger partial charge in [-0.25, -0.2) is 4.79 Å². The van der Waals surface area contributed by atoms with Gasteiger partial charge in [-0.15, -0.1) is 0 Å². The van der Waals surface area contributed by atoms with E-state index in [0.29, 0.717) is 6.54 Å². The van der Waals surface area contributed by atoms with Crippen LogP contribution in [0.25, 0.3) is 0 Å². The van der Waals surface area contributed by atoms with Crippen molar-refractivity contribution in [3.63, 3.8) is 0 Å². The van der Waals surface area contributed by atoms with Crippen LogP contribution in [0.15, 0.2) is 30.3 Å². The summed E-state index contributed by atoms with van der Waals surface area (Å²) in [6, 6.07) is 9.78. The second kappa shape index (κ2) is 7.48. The van der Waals surface area contributed by atoms with Gasteiger partial charge in [0, 0.05) is 32.4 Å². The molecule has 146 valence electrons. The maximum absolute atomic E-state index is 13.2. The summed E-state index contributed by atoms with van der Waals surface area (Å²) in [4.78, 5) is 33.7. The number of fused-ring (bicyclic) bond motifs is 3. The summed E-state index contributed by atoms with van der Waals surface area (Å²) in [6.07, 6.45) is 3.62. The van der Waals surface area contributed by atoms with Gasteiger partial charge >= 0.3 is 6.03 Å². The van der Waals surface area contributed by atoms with Crippen LogP contribution in [-0.2, 0) is 4.79 Å². The number of hydrogen-bond donors (Lipinski definition) is 1. The molecule has 3 aliphatic heterocycles. The summed E-state index contributed by atoms with van der Waals surface area (Å²) in [5.41, 5.74) is 1.14. The van der Waals surface area contributed by atoms with Crippen LogP contribution in [0, 0.1) is 0 Å². The number of hydrogen-bond acceptors (Lipinski definition) is 5. The number of rotatable bonds is 5. The minimum Gasteiger partial charge on any atom is -0.343 e. The van der Waals surface area contributed by atoms with Gasteiger partial charge < -0.3 is 9.80 Å². The molecule has 4 rings (SSSR count). The molecule has 3 aliphatic rings. The molecule has 0 aliphatic carbocycles. The third-order valence-corrected chi connectivity index (χ3v) is 5.94. The van der Waals surface area contributed by atoms with Gasteiger partial charge in [0.2, 0.25) is 0 Å². The number of urea groups is 1. The molecule has 3 fully saturated rings. The minimum absolute atomic E-state index is 0.0517. The van der Waals surface area contributed by atoms with Crippen molar-refractivity contribution in [1.29, 1.82) is 0 Å². The molecular formula is C20H29N5O2. The lowest BCUT2D eigenvalue weighted by atomic mass is 10.1. The van der Waals surface area contributed by atoms with E-state index in [2.05, 4.69) is 34.2 Å². The zero-order valence-electron chi connectivity index (χ0n) is 16.2. The van der Waals surface area contributed by atoms with Crippen molar-refractivity contribution < 1.29 is 9.59 Å². The number of likely N-dealkylation sites (N-methyl/N-ethyl adjacent to an activating group) is 1. The van der Waals surface area contributed by atoms with Gasteiger partial charge in [-0.3, -0.25) is 19.9 Å². The van der Waals surface area contributed by atoms with Crippen molar-refractivity contribution >= 4 is 17.6 Å². The van der Waals surface area contributed by atoms with Crippen LogP contribution >= 0.6 is 0 Å². The molecule has 0 saturated carbocycles. The van der Waals surface area contributed by atoms with Gasteiger partial charge in [-0.1, -0.05) is 38.0 Å². The van der Waals surface area contributed by atoms with E-state index in [1.54, 1.807) is 11.9 Å². The average molecular weight is 371 g/mol. The number of carbonyl (C=O) groups is 2. The monoisotopic (exact) mass is 371 g/mol. The number of imide groups is 1. The highest BCUT2D eigenvalue weighted by atomic mass is 16.2. The highest BCUT2D eigenvalue weighted by Gasteiger charge is 2.55. The molecule has 1 aromatic carbocycles. The molecular weight excluding hydrogens is 342 g/mol. The number of nitrogens with zero attached hydrogens (tertiary/aromatic N) is 4. The quantitative estimate of drug-likeness (QED) is 0.801. The summed E-state index contributed by atoms with van der Waals surface area (Å²) in [6.45, 7) is 4.43. The van der Waals surface area contributed by atoms with Gasteiger partial charge in [0.25, 0.3) is 5.91 Å². The van der Waals surface area contributed by atoms with Gasteiger partial charge in [-0.05, 0) is 25.0 Å². The fraction of sp³-hybridized carbons (Fsp3) is 0.600.